The van der Waals surface area contributed by atoms with Crippen molar-refractivity contribution in [3.63, 3.8) is 0 Å². The van der Waals surface area contributed by atoms with Crippen LogP contribution in [-0.4, -0.2) is 31.9 Å². The number of carbonyl (C=O) groups excluding carboxylic acids is 2. The van der Waals surface area contributed by atoms with Gasteiger partial charge in [-0.3, -0.25) is 9.59 Å². The molecular formula is C32H40N4O3. The first-order valence-corrected chi connectivity index (χ1v) is 14.0. The third-order valence-corrected chi connectivity index (χ3v) is 6.83. The monoisotopic (exact) mass is 528 g/mol. The summed E-state index contributed by atoms with van der Waals surface area (Å²) in [6.07, 6.45) is 6.01. The number of imidazole rings is 1. The van der Waals surface area contributed by atoms with Gasteiger partial charge in [0.05, 0.1) is 11.0 Å². The molecule has 0 spiro atoms. The summed E-state index contributed by atoms with van der Waals surface area (Å²) in [4.78, 5) is 34.0. The van der Waals surface area contributed by atoms with Crippen LogP contribution in [0.3, 0.4) is 0 Å². The molecule has 2 aromatic heterocycles. The van der Waals surface area contributed by atoms with E-state index in [1.54, 1.807) is 0 Å². The Hall–Kier alpha value is -3.74. The molecule has 4 rings (SSSR count). The van der Waals surface area contributed by atoms with Crippen molar-refractivity contribution >= 4 is 39.5 Å². The van der Waals surface area contributed by atoms with Gasteiger partial charge < -0.3 is 15.0 Å². The number of ketones is 1. The molecule has 206 valence electrons. The molecule has 2 N–H and O–H groups in total. The molecule has 2 aromatic carbocycles. The molecule has 7 heteroatoms. The lowest BCUT2D eigenvalue weighted by molar-refractivity contribution is -0.154. The van der Waals surface area contributed by atoms with E-state index in [-0.39, 0.29) is 11.8 Å². The summed E-state index contributed by atoms with van der Waals surface area (Å²) >= 11 is 0. The minimum Gasteiger partial charge on any atom is -0.460 e. The van der Waals surface area contributed by atoms with Gasteiger partial charge in [-0.25, -0.2) is 9.97 Å². The number of esters is 1. The number of rotatable bonds is 12. The number of Topliss-reactive ketones (excluding diaryl/α,β-unsaturated/α-hetero) is 1. The number of aryl methyl sites for hydroxylation is 3. The predicted molar refractivity (Wildman–Crippen MR) is 157 cm³/mol. The maximum atomic E-state index is 12.7. The largest absolute Gasteiger partial charge is 0.460 e. The van der Waals surface area contributed by atoms with Crippen LogP contribution in [0, 0.1) is 0 Å². The Kier molecular flexibility index (Phi) is 9.00. The zero-order chi connectivity index (χ0) is 28.0. The first kappa shape index (κ1) is 28.3. The number of para-hydroxylation sites is 1. The summed E-state index contributed by atoms with van der Waals surface area (Å²) in [5.74, 6) is 1.48. The van der Waals surface area contributed by atoms with Crippen molar-refractivity contribution < 1.29 is 14.3 Å². The molecule has 0 fully saturated rings. The number of pyridine rings is 1. The molecule has 0 aliphatic carbocycles. The van der Waals surface area contributed by atoms with Gasteiger partial charge in [0, 0.05) is 36.8 Å². The summed E-state index contributed by atoms with van der Waals surface area (Å²) in [5, 5.41) is 1.07. The van der Waals surface area contributed by atoms with Crippen LogP contribution in [0.5, 0.6) is 0 Å². The first-order valence-electron chi connectivity index (χ1n) is 14.0. The molecule has 0 saturated carbocycles. The van der Waals surface area contributed by atoms with E-state index in [0.717, 1.165) is 84.0 Å². The van der Waals surface area contributed by atoms with Gasteiger partial charge in [-0.2, -0.15) is 0 Å². The summed E-state index contributed by atoms with van der Waals surface area (Å²) in [7, 11) is 0. The fraction of sp³-hybridized carbons (Fsp3) is 0.438. The number of nitrogens with zero attached hydrogens (tertiary/aromatic N) is 3. The minimum atomic E-state index is -0.452. The van der Waals surface area contributed by atoms with Gasteiger partial charge in [0.2, 0.25) is 0 Å². The van der Waals surface area contributed by atoms with E-state index >= 15 is 0 Å². The van der Waals surface area contributed by atoms with E-state index in [0.29, 0.717) is 18.7 Å². The Morgan fingerprint density at radius 1 is 0.923 bits per heavy atom. The molecule has 2 heterocycles. The fourth-order valence-corrected chi connectivity index (χ4v) is 4.98. The quantitative estimate of drug-likeness (QED) is 0.123. The second-order valence-corrected chi connectivity index (χ2v) is 11.1. The number of nitrogen functional groups attached to an aromatic ring is 1. The van der Waals surface area contributed by atoms with Crippen molar-refractivity contribution in [3.05, 3.63) is 65.5 Å². The number of aromatic nitrogens is 3. The van der Waals surface area contributed by atoms with Gasteiger partial charge in [-0.05, 0) is 58.1 Å². The Bertz CT molecular complexity index is 1450. The van der Waals surface area contributed by atoms with Gasteiger partial charge in [-0.1, -0.05) is 55.8 Å². The van der Waals surface area contributed by atoms with Gasteiger partial charge in [0.25, 0.3) is 0 Å². The number of unbranched alkanes of at least 4 members (excludes halogenated alkanes) is 2. The van der Waals surface area contributed by atoms with Gasteiger partial charge in [0.1, 0.15) is 16.9 Å². The van der Waals surface area contributed by atoms with Gasteiger partial charge >= 0.3 is 5.97 Å². The third-order valence-electron chi connectivity index (χ3n) is 6.83. The van der Waals surface area contributed by atoms with E-state index in [1.165, 1.54) is 0 Å². The van der Waals surface area contributed by atoms with Crippen molar-refractivity contribution in [2.75, 3.05) is 5.73 Å². The highest BCUT2D eigenvalue weighted by Crippen LogP contribution is 2.29. The molecule has 0 aliphatic heterocycles. The molecule has 0 bridgehead atoms. The van der Waals surface area contributed by atoms with Gasteiger partial charge in [-0.15, -0.1) is 0 Å². The zero-order valence-electron chi connectivity index (χ0n) is 23.6. The highest BCUT2D eigenvalue weighted by molar-refractivity contribution is 6.06. The normalized spacial score (nSPS) is 11.8. The molecule has 0 saturated heterocycles. The van der Waals surface area contributed by atoms with Crippen LogP contribution in [0.2, 0.25) is 0 Å². The fourth-order valence-electron chi connectivity index (χ4n) is 4.98. The predicted octanol–water partition coefficient (Wildman–Crippen LogP) is 6.84. The lowest BCUT2D eigenvalue weighted by atomic mass is 10.0. The molecule has 0 atom stereocenters. The van der Waals surface area contributed by atoms with Crippen LogP contribution >= 0.6 is 0 Å². The summed E-state index contributed by atoms with van der Waals surface area (Å²) < 4.78 is 7.64. The van der Waals surface area contributed by atoms with Crippen molar-refractivity contribution in [2.45, 2.75) is 91.2 Å². The Labute approximate surface area is 230 Å². The standard InChI is InChI=1S/C32H40N4O3/c1-5-27-35-29-30(24-13-8-9-14-25(24)34-31(29)33)36(27)21-10-6-7-15-26(37)23-19-17-22(18-20-23)12-11-16-28(38)39-32(2,3)4/h8-9,13-14,17-20H,5-7,10-12,15-16,21H2,1-4H3,(H2,33,34). The zero-order valence-corrected chi connectivity index (χ0v) is 23.6. The number of anilines is 1. The first-order chi connectivity index (χ1) is 18.7. The van der Waals surface area contributed by atoms with E-state index in [4.69, 9.17) is 15.5 Å². The van der Waals surface area contributed by atoms with Crippen molar-refractivity contribution in [2.24, 2.45) is 0 Å². The Morgan fingerprint density at radius 3 is 2.38 bits per heavy atom. The molecule has 0 unspecified atom stereocenters. The van der Waals surface area contributed by atoms with Crippen LogP contribution in [0.15, 0.2) is 48.5 Å². The van der Waals surface area contributed by atoms with E-state index in [2.05, 4.69) is 22.5 Å². The lowest BCUT2D eigenvalue weighted by Crippen LogP contribution is -2.23. The van der Waals surface area contributed by atoms with Crippen LogP contribution in [0.4, 0.5) is 5.82 Å². The minimum absolute atomic E-state index is 0.169. The van der Waals surface area contributed by atoms with Crippen LogP contribution < -0.4 is 5.73 Å². The molecule has 7 nitrogen and oxygen atoms in total. The Morgan fingerprint density at radius 2 is 1.67 bits per heavy atom. The average Bonchev–Trinajstić information content (AvgIpc) is 3.27. The van der Waals surface area contributed by atoms with Gasteiger partial charge in [0.15, 0.2) is 11.6 Å². The maximum absolute atomic E-state index is 12.7. The lowest BCUT2D eigenvalue weighted by Gasteiger charge is -2.19. The number of nitrogens with two attached hydrogens (primary N) is 1. The number of hydrogen-bond donors (Lipinski definition) is 1. The maximum Gasteiger partial charge on any atom is 0.306 e. The average molecular weight is 529 g/mol. The van der Waals surface area contributed by atoms with Crippen molar-refractivity contribution in [3.8, 4) is 0 Å². The summed E-state index contributed by atoms with van der Waals surface area (Å²) in [6.45, 7) is 8.56. The molecule has 0 radical (unpaired) electrons. The van der Waals surface area contributed by atoms with Crippen LogP contribution in [-0.2, 0) is 28.9 Å². The highest BCUT2D eigenvalue weighted by atomic mass is 16.6. The molecule has 0 aliphatic rings. The second-order valence-electron chi connectivity index (χ2n) is 11.1. The van der Waals surface area contributed by atoms with Crippen molar-refractivity contribution in [1.29, 1.82) is 0 Å². The van der Waals surface area contributed by atoms with E-state index in [1.807, 2.05) is 63.2 Å². The number of ether oxygens (including phenoxy) is 1. The number of fused-ring (bicyclic) bond motifs is 3. The van der Waals surface area contributed by atoms with Crippen molar-refractivity contribution in [1.82, 2.24) is 14.5 Å². The molecule has 0 amide bonds. The summed E-state index contributed by atoms with van der Waals surface area (Å²) in [5.41, 5.74) is 10.4. The van der Waals surface area contributed by atoms with Crippen LogP contribution in [0.1, 0.15) is 88.0 Å². The topological polar surface area (TPSA) is 100 Å². The van der Waals surface area contributed by atoms with E-state index < -0.39 is 5.60 Å². The highest BCUT2D eigenvalue weighted by Gasteiger charge is 2.17. The van der Waals surface area contributed by atoms with Crippen LogP contribution in [0.25, 0.3) is 21.9 Å². The SMILES string of the molecule is CCc1nc2c(N)nc3ccccc3c2n1CCCCCC(=O)c1ccc(CCCC(=O)OC(C)(C)C)cc1. The summed E-state index contributed by atoms with van der Waals surface area (Å²) in [6, 6.07) is 15.8. The molecular weight excluding hydrogens is 488 g/mol. The molecule has 4 aromatic rings. The third kappa shape index (κ3) is 7.22. The van der Waals surface area contributed by atoms with E-state index in [9.17, 15) is 9.59 Å². The number of hydrogen-bond acceptors (Lipinski definition) is 6. The molecule has 39 heavy (non-hydrogen) atoms. The second kappa shape index (κ2) is 12.4. The number of carbonyl (C=O) groups is 2. The smallest absolute Gasteiger partial charge is 0.306 e. The Balaban J connectivity index is 1.26. The number of benzene rings is 2.